The van der Waals surface area contributed by atoms with Crippen molar-refractivity contribution >= 4 is 17.7 Å². The van der Waals surface area contributed by atoms with Crippen LogP contribution in [0.3, 0.4) is 0 Å². The van der Waals surface area contributed by atoms with E-state index in [9.17, 15) is 9.90 Å². The van der Waals surface area contributed by atoms with Gasteiger partial charge in [-0.1, -0.05) is 59.8 Å². The Morgan fingerprint density at radius 2 is 1.75 bits per heavy atom. The van der Waals surface area contributed by atoms with Crippen molar-refractivity contribution in [3.8, 4) is 0 Å². The number of hydrogen-bond acceptors (Lipinski definition) is 7. The summed E-state index contributed by atoms with van der Waals surface area (Å²) in [6, 6.07) is 17.5. The fourth-order valence-electron chi connectivity index (χ4n) is 3.62. The van der Waals surface area contributed by atoms with Crippen LogP contribution in [0.2, 0.25) is 0 Å². The number of ether oxygens (including phenoxy) is 4. The number of benzene rings is 2. The van der Waals surface area contributed by atoms with Gasteiger partial charge in [-0.05, 0) is 39.8 Å². The first-order valence-electron chi connectivity index (χ1n) is 10.8. The number of hydrogen-bond donors (Lipinski definition) is 1. The van der Waals surface area contributed by atoms with Crippen LogP contribution in [0.1, 0.15) is 38.2 Å². The second-order valence-electron chi connectivity index (χ2n) is 9.26. The van der Waals surface area contributed by atoms with Crippen molar-refractivity contribution in [2.24, 2.45) is 5.41 Å². The van der Waals surface area contributed by atoms with Gasteiger partial charge >= 0.3 is 5.97 Å². The average Bonchev–Trinajstić information content (AvgIpc) is 2.77. The standard InChI is InChI=1S/C25H30O6S/c1-15-10-12-17(13-11-15)32-23-19(26)21(31-24(27)25(2,3)4)20-18(29-23)14-28-22(30-20)16-8-6-5-7-9-16/h5-13,18-23,26H,14H2,1-4H3/t18-,19+,20-,21-,22-,23-/m1/s1. The molecule has 2 aromatic rings. The Kier molecular flexibility index (Phi) is 6.93. The number of aliphatic hydroxyl groups is 1. The molecule has 4 rings (SSSR count). The molecule has 0 aromatic heterocycles. The van der Waals surface area contributed by atoms with Crippen LogP contribution in [-0.4, -0.2) is 47.5 Å². The molecule has 7 heteroatoms. The predicted molar refractivity (Wildman–Crippen MR) is 121 cm³/mol. The highest BCUT2D eigenvalue weighted by Crippen LogP contribution is 2.40. The molecule has 2 aromatic carbocycles. The zero-order valence-electron chi connectivity index (χ0n) is 18.8. The van der Waals surface area contributed by atoms with Crippen molar-refractivity contribution in [1.29, 1.82) is 0 Å². The molecule has 6 nitrogen and oxygen atoms in total. The molecule has 2 saturated heterocycles. The molecule has 0 spiro atoms. The molecule has 0 saturated carbocycles. The van der Waals surface area contributed by atoms with Crippen LogP contribution in [0.4, 0.5) is 0 Å². The molecule has 0 radical (unpaired) electrons. The van der Waals surface area contributed by atoms with Crippen LogP contribution < -0.4 is 0 Å². The van der Waals surface area contributed by atoms with Gasteiger partial charge in [-0.15, -0.1) is 0 Å². The average molecular weight is 459 g/mol. The van der Waals surface area contributed by atoms with Crippen molar-refractivity contribution in [3.63, 3.8) is 0 Å². The highest BCUT2D eigenvalue weighted by atomic mass is 32.2. The van der Waals surface area contributed by atoms with Crippen molar-refractivity contribution in [2.75, 3.05) is 6.61 Å². The molecule has 0 amide bonds. The van der Waals surface area contributed by atoms with Crippen LogP contribution in [-0.2, 0) is 23.7 Å². The van der Waals surface area contributed by atoms with Gasteiger partial charge in [0.1, 0.15) is 23.7 Å². The van der Waals surface area contributed by atoms with Crippen LogP contribution in [0, 0.1) is 12.3 Å². The summed E-state index contributed by atoms with van der Waals surface area (Å²) in [6.07, 6.45) is -3.68. The van der Waals surface area contributed by atoms with Crippen molar-refractivity contribution < 1.29 is 28.8 Å². The van der Waals surface area contributed by atoms with Crippen LogP contribution >= 0.6 is 11.8 Å². The van der Waals surface area contributed by atoms with Crippen LogP contribution in [0.25, 0.3) is 0 Å². The largest absolute Gasteiger partial charge is 0.456 e. The Bertz CT molecular complexity index is 910. The third-order valence-corrected chi connectivity index (χ3v) is 6.67. The van der Waals surface area contributed by atoms with Crippen molar-refractivity contribution in [1.82, 2.24) is 0 Å². The van der Waals surface area contributed by atoms with E-state index in [0.29, 0.717) is 0 Å². The summed E-state index contributed by atoms with van der Waals surface area (Å²) in [5.74, 6) is -0.396. The number of carbonyl (C=O) groups is 1. The summed E-state index contributed by atoms with van der Waals surface area (Å²) < 4.78 is 24.2. The van der Waals surface area contributed by atoms with Gasteiger partial charge in [0, 0.05) is 10.5 Å². The minimum absolute atomic E-state index is 0.269. The monoisotopic (exact) mass is 458 g/mol. The van der Waals surface area contributed by atoms with Gasteiger partial charge in [0.2, 0.25) is 0 Å². The molecule has 0 bridgehead atoms. The Morgan fingerprint density at radius 3 is 2.41 bits per heavy atom. The van der Waals surface area contributed by atoms with Gasteiger partial charge in [-0.25, -0.2) is 0 Å². The van der Waals surface area contributed by atoms with E-state index in [2.05, 4.69) is 0 Å². The van der Waals surface area contributed by atoms with Gasteiger partial charge in [0.25, 0.3) is 0 Å². The van der Waals surface area contributed by atoms with E-state index in [4.69, 9.17) is 18.9 Å². The maximum absolute atomic E-state index is 12.7. The molecule has 0 aliphatic carbocycles. The second kappa shape index (κ2) is 9.53. The molecule has 172 valence electrons. The van der Waals surface area contributed by atoms with E-state index < -0.39 is 47.5 Å². The lowest BCUT2D eigenvalue weighted by atomic mass is 9.95. The van der Waals surface area contributed by atoms with Gasteiger partial charge in [-0.2, -0.15) is 0 Å². The maximum Gasteiger partial charge on any atom is 0.311 e. The molecule has 6 atom stereocenters. The number of fused-ring (bicyclic) bond motifs is 1. The maximum atomic E-state index is 12.7. The summed E-state index contributed by atoms with van der Waals surface area (Å²) in [6.45, 7) is 7.65. The Hall–Kier alpha value is -1.90. The molecule has 2 fully saturated rings. The summed E-state index contributed by atoms with van der Waals surface area (Å²) in [5, 5.41) is 11.2. The lowest BCUT2D eigenvalue weighted by Gasteiger charge is -2.47. The third-order valence-electron chi connectivity index (χ3n) is 5.51. The number of thioether (sulfide) groups is 1. The number of esters is 1. The number of aliphatic hydroxyl groups excluding tert-OH is 1. The first-order valence-corrected chi connectivity index (χ1v) is 11.7. The van der Waals surface area contributed by atoms with Gasteiger partial charge in [-0.3, -0.25) is 4.79 Å². The van der Waals surface area contributed by atoms with Gasteiger partial charge in [0.15, 0.2) is 12.4 Å². The van der Waals surface area contributed by atoms with E-state index >= 15 is 0 Å². The highest BCUT2D eigenvalue weighted by Gasteiger charge is 2.52. The minimum atomic E-state index is -1.07. The van der Waals surface area contributed by atoms with Crippen molar-refractivity contribution in [3.05, 3.63) is 65.7 Å². The summed E-state index contributed by atoms with van der Waals surface area (Å²) in [4.78, 5) is 13.7. The zero-order chi connectivity index (χ0) is 22.9. The second-order valence-corrected chi connectivity index (χ2v) is 10.4. The molecule has 32 heavy (non-hydrogen) atoms. The van der Waals surface area contributed by atoms with Crippen LogP contribution in [0.5, 0.6) is 0 Å². The predicted octanol–water partition coefficient (Wildman–Crippen LogP) is 4.25. The van der Waals surface area contributed by atoms with Gasteiger partial charge in [0.05, 0.1) is 12.0 Å². The molecule has 2 heterocycles. The van der Waals surface area contributed by atoms with E-state index in [1.165, 1.54) is 11.8 Å². The SMILES string of the molecule is Cc1ccc(S[C@H]2O[C@@H]3CO[C@@H](c4ccccc4)O[C@H]3[C@H](OC(=O)C(C)(C)C)[C@@H]2O)cc1. The number of rotatable bonds is 4. The smallest absolute Gasteiger partial charge is 0.311 e. The van der Waals surface area contributed by atoms with Crippen LogP contribution in [0.15, 0.2) is 59.5 Å². The van der Waals surface area contributed by atoms with E-state index in [-0.39, 0.29) is 6.61 Å². The Labute approximate surface area is 193 Å². The summed E-state index contributed by atoms with van der Waals surface area (Å²) in [7, 11) is 0. The first kappa shape index (κ1) is 23.3. The number of carbonyl (C=O) groups excluding carboxylic acids is 1. The normalized spacial score (nSPS) is 30.4. The van der Waals surface area contributed by atoms with E-state index in [1.54, 1.807) is 20.8 Å². The number of aryl methyl sites for hydroxylation is 1. The lowest BCUT2D eigenvalue weighted by Crippen LogP contribution is -2.62. The highest BCUT2D eigenvalue weighted by molar-refractivity contribution is 7.99. The molecule has 2 aliphatic heterocycles. The lowest BCUT2D eigenvalue weighted by molar-refractivity contribution is -0.320. The summed E-state index contributed by atoms with van der Waals surface area (Å²) >= 11 is 1.40. The molecular weight excluding hydrogens is 428 g/mol. The van der Waals surface area contributed by atoms with Crippen molar-refractivity contribution in [2.45, 2.75) is 68.7 Å². The molecular formula is C25H30O6S. The quantitative estimate of drug-likeness (QED) is 0.687. The third kappa shape index (κ3) is 5.18. The zero-order valence-corrected chi connectivity index (χ0v) is 19.6. The molecule has 0 unspecified atom stereocenters. The minimum Gasteiger partial charge on any atom is -0.456 e. The first-order chi connectivity index (χ1) is 15.2. The molecule has 1 N–H and O–H groups in total. The van der Waals surface area contributed by atoms with Gasteiger partial charge < -0.3 is 24.1 Å². The summed E-state index contributed by atoms with van der Waals surface area (Å²) in [5.41, 5.74) is 0.671. The molecule has 2 aliphatic rings. The Balaban J connectivity index is 1.57. The fraction of sp³-hybridized carbons (Fsp3) is 0.480. The van der Waals surface area contributed by atoms with E-state index in [1.807, 2.05) is 61.5 Å². The Morgan fingerprint density at radius 1 is 1.06 bits per heavy atom. The topological polar surface area (TPSA) is 74.2 Å². The fourth-order valence-corrected chi connectivity index (χ4v) is 4.68. The van der Waals surface area contributed by atoms with E-state index in [0.717, 1.165) is 16.0 Å².